The molecule has 2 aromatic rings. The Morgan fingerprint density at radius 2 is 2.24 bits per heavy atom. The van der Waals surface area contributed by atoms with Crippen LogP contribution in [0, 0.1) is 5.92 Å². The van der Waals surface area contributed by atoms with Crippen molar-refractivity contribution in [2.75, 3.05) is 18.0 Å². The van der Waals surface area contributed by atoms with E-state index in [1.54, 1.807) is 0 Å². The summed E-state index contributed by atoms with van der Waals surface area (Å²) in [6, 6.07) is 6.34. The molecule has 1 saturated heterocycles. The lowest BCUT2D eigenvalue weighted by Gasteiger charge is -2.32. The SMILES string of the molecule is CC(C)n1nnc2cc(N3CCCC(C(=O)O)C3)ccc21. The second-order valence-corrected chi connectivity index (χ2v) is 5.92. The average molecular weight is 288 g/mol. The molecule has 1 aliphatic rings. The fourth-order valence-corrected chi connectivity index (χ4v) is 2.92. The molecule has 0 radical (unpaired) electrons. The Morgan fingerprint density at radius 3 is 2.95 bits per heavy atom. The Hall–Kier alpha value is -2.11. The minimum Gasteiger partial charge on any atom is -0.481 e. The highest BCUT2D eigenvalue weighted by Gasteiger charge is 2.25. The lowest BCUT2D eigenvalue weighted by molar-refractivity contribution is -0.141. The first-order chi connectivity index (χ1) is 10.1. The van der Waals surface area contributed by atoms with Gasteiger partial charge in [0.25, 0.3) is 0 Å². The summed E-state index contributed by atoms with van der Waals surface area (Å²) in [5.41, 5.74) is 2.91. The predicted molar refractivity (Wildman–Crippen MR) is 80.5 cm³/mol. The highest BCUT2D eigenvalue weighted by molar-refractivity contribution is 5.79. The molecule has 0 spiro atoms. The van der Waals surface area contributed by atoms with Gasteiger partial charge in [0, 0.05) is 24.8 Å². The molecule has 1 aromatic heterocycles. The molecular formula is C15H20N4O2. The van der Waals surface area contributed by atoms with Crippen molar-refractivity contribution in [1.82, 2.24) is 15.0 Å². The largest absolute Gasteiger partial charge is 0.481 e. The summed E-state index contributed by atoms with van der Waals surface area (Å²) in [5.74, 6) is -0.979. The molecule has 1 aliphatic heterocycles. The fourth-order valence-electron chi connectivity index (χ4n) is 2.92. The monoisotopic (exact) mass is 288 g/mol. The van der Waals surface area contributed by atoms with Crippen LogP contribution < -0.4 is 4.90 Å². The van der Waals surface area contributed by atoms with Crippen molar-refractivity contribution in [3.8, 4) is 0 Å². The standard InChI is InChI=1S/C15H20N4O2/c1-10(2)19-14-6-5-12(8-13(14)16-17-19)18-7-3-4-11(9-18)15(20)21/h5-6,8,10-11H,3-4,7,9H2,1-2H3,(H,20,21). The van der Waals surface area contributed by atoms with Gasteiger partial charge in [0.05, 0.1) is 11.4 Å². The van der Waals surface area contributed by atoms with Crippen molar-refractivity contribution in [3.63, 3.8) is 0 Å². The Balaban J connectivity index is 1.89. The molecule has 0 aliphatic carbocycles. The van der Waals surface area contributed by atoms with Gasteiger partial charge in [-0.2, -0.15) is 0 Å². The lowest BCUT2D eigenvalue weighted by atomic mass is 9.98. The van der Waals surface area contributed by atoms with Crippen LogP contribution in [0.5, 0.6) is 0 Å². The van der Waals surface area contributed by atoms with Gasteiger partial charge in [0.2, 0.25) is 0 Å². The number of nitrogens with zero attached hydrogens (tertiary/aromatic N) is 4. The van der Waals surface area contributed by atoms with E-state index in [9.17, 15) is 9.90 Å². The zero-order chi connectivity index (χ0) is 15.0. The van der Waals surface area contributed by atoms with Gasteiger partial charge in [-0.05, 0) is 44.9 Å². The maximum absolute atomic E-state index is 11.2. The lowest BCUT2D eigenvalue weighted by Crippen LogP contribution is -2.38. The smallest absolute Gasteiger partial charge is 0.308 e. The van der Waals surface area contributed by atoms with E-state index >= 15 is 0 Å². The quantitative estimate of drug-likeness (QED) is 0.938. The minimum absolute atomic E-state index is 0.271. The highest BCUT2D eigenvalue weighted by atomic mass is 16.4. The number of rotatable bonds is 3. The molecule has 3 rings (SSSR count). The van der Waals surface area contributed by atoms with Gasteiger partial charge in [-0.25, -0.2) is 4.68 Å². The number of aliphatic carboxylic acids is 1. The summed E-state index contributed by atoms with van der Waals surface area (Å²) in [6.45, 7) is 5.61. The maximum atomic E-state index is 11.2. The first-order valence-corrected chi connectivity index (χ1v) is 7.39. The van der Waals surface area contributed by atoms with Crippen molar-refractivity contribution >= 4 is 22.7 Å². The Kier molecular flexibility index (Phi) is 3.53. The summed E-state index contributed by atoms with van der Waals surface area (Å²) in [7, 11) is 0. The molecular weight excluding hydrogens is 268 g/mol. The number of anilines is 1. The van der Waals surface area contributed by atoms with Crippen molar-refractivity contribution in [2.45, 2.75) is 32.7 Å². The van der Waals surface area contributed by atoms with Crippen LogP contribution in [0.3, 0.4) is 0 Å². The molecule has 6 heteroatoms. The second kappa shape index (κ2) is 5.35. The zero-order valence-corrected chi connectivity index (χ0v) is 12.4. The van der Waals surface area contributed by atoms with Crippen LogP contribution in [0.4, 0.5) is 5.69 Å². The summed E-state index contributed by atoms with van der Waals surface area (Å²) < 4.78 is 1.90. The van der Waals surface area contributed by atoms with Gasteiger partial charge < -0.3 is 10.0 Å². The van der Waals surface area contributed by atoms with Gasteiger partial charge in [0.15, 0.2) is 0 Å². The second-order valence-electron chi connectivity index (χ2n) is 5.92. The molecule has 0 saturated carbocycles. The van der Waals surface area contributed by atoms with Gasteiger partial charge in [0.1, 0.15) is 5.52 Å². The summed E-state index contributed by atoms with van der Waals surface area (Å²) in [5, 5.41) is 17.6. The van der Waals surface area contributed by atoms with Gasteiger partial charge >= 0.3 is 5.97 Å². The molecule has 112 valence electrons. The number of carboxylic acid groups (broad SMARTS) is 1. The number of hydrogen-bond donors (Lipinski definition) is 1. The molecule has 6 nitrogen and oxygen atoms in total. The van der Waals surface area contributed by atoms with E-state index < -0.39 is 5.97 Å². The van der Waals surface area contributed by atoms with Crippen LogP contribution in [-0.2, 0) is 4.79 Å². The molecule has 1 unspecified atom stereocenters. The molecule has 2 heterocycles. The Morgan fingerprint density at radius 1 is 1.43 bits per heavy atom. The molecule has 1 aromatic carbocycles. The number of carboxylic acids is 1. The first kappa shape index (κ1) is 13.9. The van der Waals surface area contributed by atoms with E-state index in [1.807, 2.05) is 22.9 Å². The Bertz CT molecular complexity index is 665. The molecule has 1 fully saturated rings. The number of piperidine rings is 1. The molecule has 0 amide bonds. The number of carbonyl (C=O) groups is 1. The van der Waals surface area contributed by atoms with Crippen LogP contribution in [0.2, 0.25) is 0 Å². The van der Waals surface area contributed by atoms with E-state index in [2.05, 4.69) is 29.1 Å². The predicted octanol–water partition coefficient (Wildman–Crippen LogP) is 2.31. The summed E-state index contributed by atoms with van der Waals surface area (Å²) >= 11 is 0. The highest BCUT2D eigenvalue weighted by Crippen LogP contribution is 2.26. The van der Waals surface area contributed by atoms with Crippen LogP contribution in [-0.4, -0.2) is 39.2 Å². The van der Waals surface area contributed by atoms with Crippen molar-refractivity contribution in [1.29, 1.82) is 0 Å². The van der Waals surface area contributed by atoms with E-state index in [0.717, 1.165) is 36.1 Å². The number of hydrogen-bond acceptors (Lipinski definition) is 4. The van der Waals surface area contributed by atoms with E-state index in [4.69, 9.17) is 0 Å². The van der Waals surface area contributed by atoms with Crippen LogP contribution in [0.1, 0.15) is 32.7 Å². The molecule has 1 atom stereocenters. The third-order valence-electron chi connectivity index (χ3n) is 4.08. The van der Waals surface area contributed by atoms with Crippen molar-refractivity contribution in [3.05, 3.63) is 18.2 Å². The average Bonchev–Trinajstić information content (AvgIpc) is 2.90. The Labute approximate surface area is 123 Å². The summed E-state index contributed by atoms with van der Waals surface area (Å²) in [6.07, 6.45) is 1.67. The maximum Gasteiger partial charge on any atom is 0.308 e. The first-order valence-electron chi connectivity index (χ1n) is 7.39. The fraction of sp³-hybridized carbons (Fsp3) is 0.533. The normalized spacial score (nSPS) is 19.4. The van der Waals surface area contributed by atoms with Crippen LogP contribution in [0.25, 0.3) is 11.0 Å². The number of aromatic nitrogens is 3. The summed E-state index contributed by atoms with van der Waals surface area (Å²) in [4.78, 5) is 13.3. The van der Waals surface area contributed by atoms with Crippen LogP contribution in [0.15, 0.2) is 18.2 Å². The van der Waals surface area contributed by atoms with Crippen LogP contribution >= 0.6 is 0 Å². The molecule has 21 heavy (non-hydrogen) atoms. The van der Waals surface area contributed by atoms with Gasteiger partial charge in [-0.1, -0.05) is 5.21 Å². The third-order valence-corrected chi connectivity index (χ3v) is 4.08. The van der Waals surface area contributed by atoms with Gasteiger partial charge in [-0.3, -0.25) is 4.79 Å². The van der Waals surface area contributed by atoms with Crippen molar-refractivity contribution in [2.24, 2.45) is 5.92 Å². The molecule has 0 bridgehead atoms. The zero-order valence-electron chi connectivity index (χ0n) is 12.4. The number of fused-ring (bicyclic) bond motifs is 1. The topological polar surface area (TPSA) is 71.2 Å². The van der Waals surface area contributed by atoms with E-state index in [0.29, 0.717) is 6.54 Å². The third kappa shape index (κ3) is 2.57. The van der Waals surface area contributed by atoms with Crippen molar-refractivity contribution < 1.29 is 9.90 Å². The van der Waals surface area contributed by atoms with E-state index in [1.165, 1.54) is 0 Å². The van der Waals surface area contributed by atoms with Gasteiger partial charge in [-0.15, -0.1) is 5.10 Å². The minimum atomic E-state index is -0.702. The van der Waals surface area contributed by atoms with E-state index in [-0.39, 0.29) is 12.0 Å². The number of benzene rings is 1. The molecule has 1 N–H and O–H groups in total.